The Kier molecular flexibility index (Phi) is 4.70. The van der Waals surface area contributed by atoms with Crippen LogP contribution in [0.1, 0.15) is 37.3 Å². The van der Waals surface area contributed by atoms with Crippen molar-refractivity contribution in [2.45, 2.75) is 32.7 Å². The van der Waals surface area contributed by atoms with Gasteiger partial charge in [0.2, 0.25) is 6.29 Å². The molecule has 0 spiro atoms. The Morgan fingerprint density at radius 2 is 2.00 bits per heavy atom. The molecule has 16 heavy (non-hydrogen) atoms. The van der Waals surface area contributed by atoms with Crippen molar-refractivity contribution < 1.29 is 9.59 Å². The zero-order valence-corrected chi connectivity index (χ0v) is 9.69. The topological polar surface area (TPSA) is 46.2 Å². The fourth-order valence-corrected chi connectivity index (χ4v) is 1.43. The van der Waals surface area contributed by atoms with Crippen molar-refractivity contribution in [1.29, 1.82) is 0 Å². The zero-order chi connectivity index (χ0) is 12.0. The van der Waals surface area contributed by atoms with Gasteiger partial charge in [0.15, 0.2) is 0 Å². The number of amides is 1. The van der Waals surface area contributed by atoms with Crippen molar-refractivity contribution >= 4 is 12.2 Å². The van der Waals surface area contributed by atoms with E-state index in [0.717, 1.165) is 12.0 Å². The summed E-state index contributed by atoms with van der Waals surface area (Å²) in [5.41, 5.74) is 2.30. The maximum atomic E-state index is 10.7. The van der Waals surface area contributed by atoms with Crippen LogP contribution in [-0.4, -0.2) is 12.2 Å². The van der Waals surface area contributed by atoms with Crippen LogP contribution in [0.5, 0.6) is 0 Å². The van der Waals surface area contributed by atoms with Crippen molar-refractivity contribution in [1.82, 2.24) is 5.32 Å². The fraction of sp³-hybridized carbons (Fsp3) is 0.385. The van der Waals surface area contributed by atoms with Crippen LogP contribution in [-0.2, 0) is 16.1 Å². The van der Waals surface area contributed by atoms with Crippen molar-refractivity contribution in [2.75, 3.05) is 0 Å². The Bertz CT molecular complexity index is 357. The molecule has 0 aliphatic carbocycles. The van der Waals surface area contributed by atoms with E-state index < -0.39 is 5.91 Å². The number of nitrogens with one attached hydrogen (secondary N) is 1. The van der Waals surface area contributed by atoms with E-state index >= 15 is 0 Å². The van der Waals surface area contributed by atoms with E-state index in [1.165, 1.54) is 5.56 Å². The SMILES string of the molecule is CCC(C)c1ccc(CNC(=O)C=O)cc1. The Hall–Kier alpha value is -1.64. The van der Waals surface area contributed by atoms with Gasteiger partial charge in [0.05, 0.1) is 0 Å². The maximum absolute atomic E-state index is 10.7. The molecular weight excluding hydrogens is 202 g/mol. The summed E-state index contributed by atoms with van der Waals surface area (Å²) in [5.74, 6) is -0.0235. The van der Waals surface area contributed by atoms with Crippen LogP contribution in [0.15, 0.2) is 24.3 Å². The normalized spacial score (nSPS) is 11.9. The minimum atomic E-state index is -0.578. The van der Waals surface area contributed by atoms with E-state index in [2.05, 4.69) is 31.3 Å². The van der Waals surface area contributed by atoms with Gasteiger partial charge in [0, 0.05) is 6.54 Å². The molecule has 1 atom stereocenters. The molecule has 0 aromatic heterocycles. The van der Waals surface area contributed by atoms with Crippen LogP contribution in [0, 0.1) is 0 Å². The molecule has 1 unspecified atom stereocenters. The van der Waals surface area contributed by atoms with Crippen LogP contribution in [0.25, 0.3) is 0 Å². The first kappa shape index (κ1) is 12.4. The highest BCUT2D eigenvalue weighted by molar-refractivity contribution is 6.23. The molecule has 1 amide bonds. The lowest BCUT2D eigenvalue weighted by Crippen LogP contribution is -2.23. The minimum absolute atomic E-state index is 0.285. The maximum Gasteiger partial charge on any atom is 0.284 e. The summed E-state index contributed by atoms with van der Waals surface area (Å²) in [6.45, 7) is 4.74. The van der Waals surface area contributed by atoms with Crippen LogP contribution >= 0.6 is 0 Å². The first-order chi connectivity index (χ1) is 7.67. The molecule has 0 radical (unpaired) electrons. The number of hydrogen-bond donors (Lipinski definition) is 1. The Balaban J connectivity index is 2.57. The molecule has 0 heterocycles. The fourth-order valence-electron chi connectivity index (χ4n) is 1.43. The molecule has 0 bridgehead atoms. The average molecular weight is 219 g/mol. The van der Waals surface area contributed by atoms with Gasteiger partial charge >= 0.3 is 0 Å². The molecule has 0 aliphatic rings. The van der Waals surface area contributed by atoms with Crippen LogP contribution in [0.2, 0.25) is 0 Å². The summed E-state index contributed by atoms with van der Waals surface area (Å²) in [4.78, 5) is 20.8. The van der Waals surface area contributed by atoms with Gasteiger partial charge in [-0.05, 0) is 23.5 Å². The van der Waals surface area contributed by atoms with E-state index in [4.69, 9.17) is 0 Å². The molecular formula is C13H17NO2. The summed E-state index contributed by atoms with van der Waals surface area (Å²) in [7, 11) is 0. The van der Waals surface area contributed by atoms with Gasteiger partial charge in [-0.1, -0.05) is 38.1 Å². The molecule has 0 saturated carbocycles. The van der Waals surface area contributed by atoms with Gasteiger partial charge < -0.3 is 5.32 Å². The van der Waals surface area contributed by atoms with Gasteiger partial charge in [0.1, 0.15) is 0 Å². The molecule has 0 saturated heterocycles. The second-order valence-electron chi connectivity index (χ2n) is 3.89. The van der Waals surface area contributed by atoms with Crippen LogP contribution < -0.4 is 5.32 Å². The monoisotopic (exact) mass is 219 g/mol. The Labute approximate surface area is 95.9 Å². The van der Waals surface area contributed by atoms with E-state index in [9.17, 15) is 9.59 Å². The highest BCUT2D eigenvalue weighted by Gasteiger charge is 2.03. The molecule has 1 rings (SSSR count). The van der Waals surface area contributed by atoms with Crippen molar-refractivity contribution in [2.24, 2.45) is 0 Å². The highest BCUT2D eigenvalue weighted by atomic mass is 16.2. The highest BCUT2D eigenvalue weighted by Crippen LogP contribution is 2.18. The third-order valence-electron chi connectivity index (χ3n) is 2.73. The lowest BCUT2D eigenvalue weighted by molar-refractivity contribution is -0.131. The Morgan fingerprint density at radius 3 is 2.50 bits per heavy atom. The summed E-state index contributed by atoms with van der Waals surface area (Å²) in [6, 6.07) is 8.09. The van der Waals surface area contributed by atoms with E-state index in [1.807, 2.05) is 12.1 Å². The molecule has 1 aromatic rings. The second-order valence-corrected chi connectivity index (χ2v) is 3.89. The predicted octanol–water partition coefficient (Wildman–Crippen LogP) is 2.02. The molecule has 0 aliphatic heterocycles. The lowest BCUT2D eigenvalue weighted by atomic mass is 9.98. The van der Waals surface area contributed by atoms with Gasteiger partial charge in [-0.2, -0.15) is 0 Å². The van der Waals surface area contributed by atoms with Gasteiger partial charge in [-0.3, -0.25) is 9.59 Å². The number of hydrogen-bond acceptors (Lipinski definition) is 2. The van der Waals surface area contributed by atoms with Crippen LogP contribution in [0.3, 0.4) is 0 Å². The molecule has 1 N–H and O–H groups in total. The molecule has 3 nitrogen and oxygen atoms in total. The predicted molar refractivity (Wildman–Crippen MR) is 63.1 cm³/mol. The minimum Gasteiger partial charge on any atom is -0.346 e. The van der Waals surface area contributed by atoms with E-state index in [1.54, 1.807) is 0 Å². The molecule has 86 valence electrons. The smallest absolute Gasteiger partial charge is 0.284 e. The number of rotatable bonds is 5. The molecule has 3 heteroatoms. The van der Waals surface area contributed by atoms with Crippen molar-refractivity contribution in [3.63, 3.8) is 0 Å². The van der Waals surface area contributed by atoms with Crippen molar-refractivity contribution in [3.8, 4) is 0 Å². The van der Waals surface area contributed by atoms with Gasteiger partial charge in [-0.15, -0.1) is 0 Å². The lowest BCUT2D eigenvalue weighted by Gasteiger charge is -2.09. The summed E-state index contributed by atoms with van der Waals surface area (Å²) in [5, 5.41) is 2.50. The van der Waals surface area contributed by atoms with E-state index in [-0.39, 0.29) is 6.29 Å². The second kappa shape index (κ2) is 6.05. The van der Waals surface area contributed by atoms with E-state index in [0.29, 0.717) is 12.5 Å². The average Bonchev–Trinajstić information content (AvgIpc) is 2.35. The quantitative estimate of drug-likeness (QED) is 0.608. The first-order valence-corrected chi connectivity index (χ1v) is 5.49. The van der Waals surface area contributed by atoms with Gasteiger partial charge in [-0.25, -0.2) is 0 Å². The first-order valence-electron chi connectivity index (χ1n) is 5.49. The van der Waals surface area contributed by atoms with Crippen molar-refractivity contribution in [3.05, 3.63) is 35.4 Å². The van der Waals surface area contributed by atoms with Crippen LogP contribution in [0.4, 0.5) is 0 Å². The molecule has 0 fully saturated rings. The Morgan fingerprint density at radius 1 is 1.38 bits per heavy atom. The summed E-state index contributed by atoms with van der Waals surface area (Å²) >= 11 is 0. The van der Waals surface area contributed by atoms with Gasteiger partial charge in [0.25, 0.3) is 5.91 Å². The number of benzene rings is 1. The number of carbonyl (C=O) groups excluding carboxylic acids is 2. The summed E-state index contributed by atoms with van der Waals surface area (Å²) in [6.07, 6.45) is 1.40. The molecule has 1 aromatic carbocycles. The standard InChI is InChI=1S/C13H17NO2/c1-3-10(2)12-6-4-11(5-7-12)8-14-13(16)9-15/h4-7,9-10H,3,8H2,1-2H3,(H,14,16). The largest absolute Gasteiger partial charge is 0.346 e. The summed E-state index contributed by atoms with van der Waals surface area (Å²) < 4.78 is 0. The number of aldehydes is 1. The number of carbonyl (C=O) groups is 2. The third-order valence-corrected chi connectivity index (χ3v) is 2.73. The zero-order valence-electron chi connectivity index (χ0n) is 9.69. The third kappa shape index (κ3) is 3.50.